The van der Waals surface area contributed by atoms with Crippen molar-refractivity contribution in [1.82, 2.24) is 24.9 Å². The number of likely N-dealkylation sites (tertiary alicyclic amines) is 1. The molecule has 0 spiro atoms. The van der Waals surface area contributed by atoms with E-state index < -0.39 is 11.6 Å². The molecule has 4 amide bonds. The Kier molecular flexibility index (Phi) is 4.29. The van der Waals surface area contributed by atoms with Crippen LogP contribution in [0.25, 0.3) is 0 Å². The van der Waals surface area contributed by atoms with E-state index in [9.17, 15) is 14.4 Å². The van der Waals surface area contributed by atoms with E-state index in [4.69, 9.17) is 0 Å². The summed E-state index contributed by atoms with van der Waals surface area (Å²) in [5.74, 6) is -0.547. The molecule has 3 heterocycles. The molecule has 2 saturated heterocycles. The van der Waals surface area contributed by atoms with E-state index in [2.05, 4.69) is 10.4 Å². The van der Waals surface area contributed by atoms with Crippen LogP contribution < -0.4 is 5.32 Å². The Morgan fingerprint density at radius 2 is 2.17 bits per heavy atom. The van der Waals surface area contributed by atoms with E-state index in [1.807, 2.05) is 16.9 Å². The van der Waals surface area contributed by atoms with E-state index in [1.54, 1.807) is 24.9 Å². The van der Waals surface area contributed by atoms with Crippen LogP contribution in [0.4, 0.5) is 4.79 Å². The number of imide groups is 1. The molecule has 2 fully saturated rings. The third-order valence-electron chi connectivity index (χ3n) is 4.64. The molecule has 8 nitrogen and oxygen atoms in total. The second-order valence-electron chi connectivity index (χ2n) is 6.91. The Morgan fingerprint density at radius 3 is 2.79 bits per heavy atom. The van der Waals surface area contributed by atoms with Gasteiger partial charge in [-0.25, -0.2) is 4.79 Å². The third kappa shape index (κ3) is 3.13. The number of aromatic nitrogens is 2. The molecular weight excluding hydrogens is 310 g/mol. The zero-order valence-corrected chi connectivity index (χ0v) is 14.1. The highest BCUT2D eigenvalue weighted by atomic mass is 16.2. The Hall–Kier alpha value is -2.38. The highest BCUT2D eigenvalue weighted by Gasteiger charge is 2.45. The van der Waals surface area contributed by atoms with Crippen molar-refractivity contribution in [3.63, 3.8) is 0 Å². The van der Waals surface area contributed by atoms with Crippen molar-refractivity contribution in [1.29, 1.82) is 0 Å². The van der Waals surface area contributed by atoms with Gasteiger partial charge in [0.15, 0.2) is 0 Å². The fraction of sp³-hybridized carbons (Fsp3) is 0.625. The van der Waals surface area contributed by atoms with Crippen molar-refractivity contribution >= 4 is 17.8 Å². The monoisotopic (exact) mass is 333 g/mol. The number of amides is 4. The Bertz CT molecular complexity index is 640. The van der Waals surface area contributed by atoms with Crippen LogP contribution in [0.2, 0.25) is 0 Å². The molecule has 1 aromatic rings. The zero-order valence-electron chi connectivity index (χ0n) is 14.1. The molecule has 2 aliphatic heterocycles. The number of rotatable bonds is 4. The first-order valence-corrected chi connectivity index (χ1v) is 8.29. The van der Waals surface area contributed by atoms with Gasteiger partial charge in [-0.3, -0.25) is 19.2 Å². The first-order valence-electron chi connectivity index (χ1n) is 8.29. The van der Waals surface area contributed by atoms with Gasteiger partial charge in [0.2, 0.25) is 5.91 Å². The molecule has 3 rings (SSSR count). The summed E-state index contributed by atoms with van der Waals surface area (Å²) >= 11 is 0. The lowest BCUT2D eigenvalue weighted by molar-refractivity contribution is -0.141. The highest BCUT2D eigenvalue weighted by Crippen LogP contribution is 2.21. The fourth-order valence-corrected chi connectivity index (χ4v) is 3.33. The average Bonchev–Trinajstić information content (AvgIpc) is 3.10. The standard InChI is InChI=1S/C16H23N5O3/c1-16(2)14(23)21(15(24)18-16)11-13(22)20-9-4-3-6-12(20)10-19-8-5-7-17-19/h5,7-8,12H,3-4,6,9-11H2,1-2H3,(H,18,24)/t12-/m1/s1. The van der Waals surface area contributed by atoms with Crippen LogP contribution in [-0.2, 0) is 16.1 Å². The maximum atomic E-state index is 12.7. The minimum absolute atomic E-state index is 0.0416. The summed E-state index contributed by atoms with van der Waals surface area (Å²) in [6.45, 7) is 4.35. The molecule has 0 aromatic carbocycles. The van der Waals surface area contributed by atoms with E-state index in [0.29, 0.717) is 13.1 Å². The molecule has 130 valence electrons. The number of hydrogen-bond acceptors (Lipinski definition) is 4. The highest BCUT2D eigenvalue weighted by molar-refractivity contribution is 6.08. The van der Waals surface area contributed by atoms with Gasteiger partial charge in [-0.15, -0.1) is 0 Å². The summed E-state index contributed by atoms with van der Waals surface area (Å²) in [6, 6.07) is 1.39. The quantitative estimate of drug-likeness (QED) is 0.817. The molecule has 0 aliphatic carbocycles. The van der Waals surface area contributed by atoms with Crippen molar-refractivity contribution in [2.75, 3.05) is 13.1 Å². The summed E-state index contributed by atoms with van der Waals surface area (Å²) in [5, 5.41) is 6.80. The number of urea groups is 1. The maximum Gasteiger partial charge on any atom is 0.325 e. The van der Waals surface area contributed by atoms with Gasteiger partial charge >= 0.3 is 6.03 Å². The summed E-state index contributed by atoms with van der Waals surface area (Å²) in [5.41, 5.74) is -0.951. The molecule has 0 saturated carbocycles. The van der Waals surface area contributed by atoms with Crippen LogP contribution in [0.15, 0.2) is 18.5 Å². The summed E-state index contributed by atoms with van der Waals surface area (Å²) < 4.78 is 1.81. The van der Waals surface area contributed by atoms with Crippen molar-refractivity contribution in [2.24, 2.45) is 0 Å². The largest absolute Gasteiger partial charge is 0.336 e. The SMILES string of the molecule is CC1(C)NC(=O)N(CC(=O)N2CCCC[C@@H]2Cn2cccn2)C1=O. The smallest absolute Gasteiger partial charge is 0.325 e. The number of carbonyl (C=O) groups is 3. The molecule has 24 heavy (non-hydrogen) atoms. The molecule has 1 atom stereocenters. The summed E-state index contributed by atoms with van der Waals surface area (Å²) in [7, 11) is 0. The van der Waals surface area contributed by atoms with Gasteiger partial charge in [0.1, 0.15) is 12.1 Å². The van der Waals surface area contributed by atoms with Crippen LogP contribution in [0.1, 0.15) is 33.1 Å². The van der Waals surface area contributed by atoms with Crippen molar-refractivity contribution < 1.29 is 14.4 Å². The molecule has 2 aliphatic rings. The first kappa shape index (κ1) is 16.5. The van der Waals surface area contributed by atoms with E-state index >= 15 is 0 Å². The van der Waals surface area contributed by atoms with Crippen molar-refractivity contribution in [2.45, 2.75) is 51.2 Å². The second kappa shape index (κ2) is 6.26. The van der Waals surface area contributed by atoms with Crippen molar-refractivity contribution in [3.8, 4) is 0 Å². The third-order valence-corrected chi connectivity index (χ3v) is 4.64. The van der Waals surface area contributed by atoms with Gasteiger partial charge in [0.25, 0.3) is 5.91 Å². The maximum absolute atomic E-state index is 12.7. The van der Waals surface area contributed by atoms with E-state index in [0.717, 1.165) is 24.2 Å². The summed E-state index contributed by atoms with van der Waals surface area (Å²) in [4.78, 5) is 39.7. The van der Waals surface area contributed by atoms with Gasteiger partial charge in [0.05, 0.1) is 12.6 Å². The number of piperidine rings is 1. The molecule has 1 N–H and O–H groups in total. The van der Waals surface area contributed by atoms with Gasteiger partial charge in [-0.1, -0.05) is 0 Å². The molecule has 0 bridgehead atoms. The molecule has 0 unspecified atom stereocenters. The molecule has 8 heteroatoms. The van der Waals surface area contributed by atoms with Crippen LogP contribution in [0.5, 0.6) is 0 Å². The lowest BCUT2D eigenvalue weighted by Crippen LogP contribution is -2.51. The second-order valence-corrected chi connectivity index (χ2v) is 6.91. The fourth-order valence-electron chi connectivity index (χ4n) is 3.33. The normalized spacial score (nSPS) is 23.5. The van der Waals surface area contributed by atoms with E-state index in [1.165, 1.54) is 0 Å². The lowest BCUT2D eigenvalue weighted by atomic mass is 10.0. The topological polar surface area (TPSA) is 87.5 Å². The number of carbonyl (C=O) groups excluding carboxylic acids is 3. The van der Waals surface area contributed by atoms with Crippen LogP contribution in [-0.4, -0.2) is 62.1 Å². The van der Waals surface area contributed by atoms with Crippen molar-refractivity contribution in [3.05, 3.63) is 18.5 Å². The van der Waals surface area contributed by atoms with Gasteiger partial charge < -0.3 is 10.2 Å². The zero-order chi connectivity index (χ0) is 17.3. The predicted octanol–water partition coefficient (Wildman–Crippen LogP) is 0.595. The Balaban J connectivity index is 1.68. The average molecular weight is 333 g/mol. The number of hydrogen-bond donors (Lipinski definition) is 1. The van der Waals surface area contributed by atoms with Crippen LogP contribution >= 0.6 is 0 Å². The molecule has 0 radical (unpaired) electrons. The minimum Gasteiger partial charge on any atom is -0.336 e. The summed E-state index contributed by atoms with van der Waals surface area (Å²) in [6.07, 6.45) is 6.48. The lowest BCUT2D eigenvalue weighted by Gasteiger charge is -2.36. The predicted molar refractivity (Wildman–Crippen MR) is 85.9 cm³/mol. The van der Waals surface area contributed by atoms with Gasteiger partial charge in [-0.05, 0) is 39.2 Å². The first-order chi connectivity index (χ1) is 11.4. The molecule has 1 aromatic heterocycles. The van der Waals surface area contributed by atoms with Gasteiger partial charge in [-0.2, -0.15) is 5.10 Å². The Labute approximate surface area is 140 Å². The molecular formula is C16H23N5O3. The van der Waals surface area contributed by atoms with Gasteiger partial charge in [0, 0.05) is 18.9 Å². The van der Waals surface area contributed by atoms with Crippen LogP contribution in [0, 0.1) is 0 Å². The Morgan fingerprint density at radius 1 is 1.38 bits per heavy atom. The van der Waals surface area contributed by atoms with E-state index in [-0.39, 0.29) is 24.4 Å². The minimum atomic E-state index is -0.951. The number of nitrogens with zero attached hydrogens (tertiary/aromatic N) is 4. The van der Waals surface area contributed by atoms with Crippen LogP contribution in [0.3, 0.4) is 0 Å². The number of nitrogens with one attached hydrogen (secondary N) is 1.